The number of hydrogen-bond acceptors (Lipinski definition) is 4. The third-order valence-corrected chi connectivity index (χ3v) is 2.70. The Morgan fingerprint density at radius 1 is 1.64 bits per heavy atom. The third-order valence-electron chi connectivity index (χ3n) is 2.70. The van der Waals surface area contributed by atoms with Gasteiger partial charge in [0.15, 0.2) is 0 Å². The molecule has 0 unspecified atom stereocenters. The van der Waals surface area contributed by atoms with Crippen LogP contribution >= 0.6 is 0 Å². The van der Waals surface area contributed by atoms with Gasteiger partial charge in [-0.3, -0.25) is 9.58 Å². The molecule has 14 heavy (non-hydrogen) atoms. The van der Waals surface area contributed by atoms with Crippen LogP contribution in [0.25, 0.3) is 0 Å². The van der Waals surface area contributed by atoms with Crippen LogP contribution in [0.15, 0.2) is 6.20 Å². The summed E-state index contributed by atoms with van der Waals surface area (Å²) in [6.07, 6.45) is 1.98. The quantitative estimate of drug-likeness (QED) is 0.710. The molecule has 1 saturated heterocycles. The fourth-order valence-corrected chi connectivity index (χ4v) is 1.71. The van der Waals surface area contributed by atoms with Crippen LogP contribution in [0.2, 0.25) is 0 Å². The van der Waals surface area contributed by atoms with Crippen LogP contribution in [0.5, 0.6) is 0 Å². The van der Waals surface area contributed by atoms with E-state index in [0.717, 1.165) is 31.9 Å². The van der Waals surface area contributed by atoms with E-state index in [1.54, 1.807) is 4.68 Å². The van der Waals surface area contributed by atoms with E-state index in [9.17, 15) is 0 Å². The van der Waals surface area contributed by atoms with E-state index in [4.69, 9.17) is 0 Å². The van der Waals surface area contributed by atoms with Gasteiger partial charge in [-0.1, -0.05) is 12.1 Å². The molecule has 2 rings (SSSR count). The van der Waals surface area contributed by atoms with Crippen molar-refractivity contribution >= 4 is 0 Å². The summed E-state index contributed by atoms with van der Waals surface area (Å²) in [5, 5.41) is 11.3. The van der Waals surface area contributed by atoms with Gasteiger partial charge in [0.05, 0.1) is 5.69 Å². The first-order valence-electron chi connectivity index (χ1n) is 5.09. The fraction of sp³-hybridized carbons (Fsp3) is 0.778. The molecule has 0 radical (unpaired) electrons. The fourth-order valence-electron chi connectivity index (χ4n) is 1.71. The van der Waals surface area contributed by atoms with Gasteiger partial charge in [0, 0.05) is 38.9 Å². The minimum Gasteiger partial charge on any atom is -0.314 e. The first-order valence-corrected chi connectivity index (χ1v) is 5.09. The van der Waals surface area contributed by atoms with Crippen molar-refractivity contribution in [2.75, 3.05) is 19.6 Å². The molecule has 1 aromatic heterocycles. The van der Waals surface area contributed by atoms with Gasteiger partial charge in [0.25, 0.3) is 0 Å². The van der Waals surface area contributed by atoms with Gasteiger partial charge in [0.1, 0.15) is 0 Å². The first kappa shape index (κ1) is 9.61. The van der Waals surface area contributed by atoms with Crippen molar-refractivity contribution in [3.05, 3.63) is 11.9 Å². The normalized spacial score (nSPS) is 17.4. The average Bonchev–Trinajstić information content (AvgIpc) is 2.47. The van der Waals surface area contributed by atoms with Crippen molar-refractivity contribution in [3.8, 4) is 0 Å². The maximum absolute atomic E-state index is 4.10. The molecule has 2 heterocycles. The highest BCUT2D eigenvalue weighted by Crippen LogP contribution is 2.08. The van der Waals surface area contributed by atoms with Crippen LogP contribution in [0.4, 0.5) is 0 Å². The van der Waals surface area contributed by atoms with Crippen LogP contribution in [0.3, 0.4) is 0 Å². The molecule has 78 valence electrons. The van der Waals surface area contributed by atoms with E-state index in [0.29, 0.717) is 6.04 Å². The molecule has 0 spiro atoms. The smallest absolute Gasteiger partial charge is 0.0967 e. The molecule has 0 aromatic carbocycles. The first-order chi connectivity index (χ1) is 6.79. The van der Waals surface area contributed by atoms with Crippen molar-refractivity contribution < 1.29 is 0 Å². The lowest BCUT2D eigenvalue weighted by Crippen LogP contribution is -2.56. The van der Waals surface area contributed by atoms with Gasteiger partial charge in [-0.25, -0.2) is 0 Å². The summed E-state index contributed by atoms with van der Waals surface area (Å²) < 4.78 is 1.75. The van der Waals surface area contributed by atoms with Crippen molar-refractivity contribution in [1.82, 2.24) is 25.2 Å². The molecule has 1 fully saturated rings. The summed E-state index contributed by atoms with van der Waals surface area (Å²) in [6, 6.07) is 0.682. The zero-order valence-electron chi connectivity index (χ0n) is 8.77. The SMILES string of the molecule is CCN(Cc1cn(C)nn1)C1CNC1. The van der Waals surface area contributed by atoms with Crippen molar-refractivity contribution in [3.63, 3.8) is 0 Å². The molecule has 5 nitrogen and oxygen atoms in total. The number of aromatic nitrogens is 3. The Morgan fingerprint density at radius 3 is 2.86 bits per heavy atom. The Kier molecular flexibility index (Phi) is 2.79. The topological polar surface area (TPSA) is 46.0 Å². The Balaban J connectivity index is 1.93. The van der Waals surface area contributed by atoms with Crippen molar-refractivity contribution in [2.45, 2.75) is 19.5 Å². The second-order valence-corrected chi connectivity index (χ2v) is 3.76. The lowest BCUT2D eigenvalue weighted by Gasteiger charge is -2.37. The summed E-state index contributed by atoms with van der Waals surface area (Å²) in [5.41, 5.74) is 1.06. The Morgan fingerprint density at radius 2 is 2.43 bits per heavy atom. The molecule has 1 N–H and O–H groups in total. The zero-order valence-corrected chi connectivity index (χ0v) is 8.77. The predicted octanol–water partition coefficient (Wildman–Crippen LogP) is -0.391. The second kappa shape index (κ2) is 4.06. The molecule has 0 atom stereocenters. The number of rotatable bonds is 4. The van der Waals surface area contributed by atoms with Gasteiger partial charge in [-0.2, -0.15) is 0 Å². The van der Waals surface area contributed by atoms with Gasteiger partial charge in [0.2, 0.25) is 0 Å². The van der Waals surface area contributed by atoms with Gasteiger partial charge in [-0.05, 0) is 6.54 Å². The van der Waals surface area contributed by atoms with Crippen LogP contribution in [0.1, 0.15) is 12.6 Å². The highest BCUT2D eigenvalue weighted by molar-refractivity contribution is 4.94. The molecule has 1 aliphatic rings. The van der Waals surface area contributed by atoms with E-state index in [1.165, 1.54) is 0 Å². The van der Waals surface area contributed by atoms with Crippen molar-refractivity contribution in [2.24, 2.45) is 7.05 Å². The van der Waals surface area contributed by atoms with E-state index >= 15 is 0 Å². The number of nitrogens with zero attached hydrogens (tertiary/aromatic N) is 4. The molecular weight excluding hydrogens is 178 g/mol. The highest BCUT2D eigenvalue weighted by atomic mass is 15.4. The summed E-state index contributed by atoms with van der Waals surface area (Å²) in [6.45, 7) is 6.39. The summed E-state index contributed by atoms with van der Waals surface area (Å²) in [5.74, 6) is 0. The van der Waals surface area contributed by atoms with Crippen LogP contribution in [-0.4, -0.2) is 45.6 Å². The molecule has 0 aliphatic carbocycles. The van der Waals surface area contributed by atoms with Crippen LogP contribution in [0, 0.1) is 0 Å². The minimum atomic E-state index is 0.682. The molecule has 0 bridgehead atoms. The second-order valence-electron chi connectivity index (χ2n) is 3.76. The minimum absolute atomic E-state index is 0.682. The lowest BCUT2D eigenvalue weighted by atomic mass is 10.1. The lowest BCUT2D eigenvalue weighted by molar-refractivity contribution is 0.143. The molecule has 0 amide bonds. The highest BCUT2D eigenvalue weighted by Gasteiger charge is 2.23. The number of likely N-dealkylation sites (N-methyl/N-ethyl adjacent to an activating group) is 1. The van der Waals surface area contributed by atoms with E-state index < -0.39 is 0 Å². The monoisotopic (exact) mass is 195 g/mol. The molecule has 5 heteroatoms. The predicted molar refractivity (Wildman–Crippen MR) is 53.7 cm³/mol. The number of aryl methyl sites for hydroxylation is 1. The zero-order chi connectivity index (χ0) is 9.97. The Hall–Kier alpha value is -0.940. The Labute approximate surface area is 84.1 Å². The van der Waals surface area contributed by atoms with E-state index in [2.05, 4.69) is 27.5 Å². The summed E-state index contributed by atoms with van der Waals surface area (Å²) in [4.78, 5) is 2.43. The van der Waals surface area contributed by atoms with Gasteiger partial charge >= 0.3 is 0 Å². The maximum Gasteiger partial charge on any atom is 0.0967 e. The molecule has 1 aromatic rings. The third kappa shape index (κ3) is 1.93. The van der Waals surface area contributed by atoms with Crippen LogP contribution in [-0.2, 0) is 13.6 Å². The maximum atomic E-state index is 4.10. The Bertz CT molecular complexity index is 291. The number of nitrogens with one attached hydrogen (secondary N) is 1. The molecule has 0 saturated carbocycles. The summed E-state index contributed by atoms with van der Waals surface area (Å²) in [7, 11) is 1.90. The van der Waals surface area contributed by atoms with Crippen molar-refractivity contribution in [1.29, 1.82) is 0 Å². The van der Waals surface area contributed by atoms with Gasteiger partial charge < -0.3 is 5.32 Å². The van der Waals surface area contributed by atoms with E-state index in [1.807, 2.05) is 13.2 Å². The number of hydrogen-bond donors (Lipinski definition) is 1. The largest absolute Gasteiger partial charge is 0.314 e. The van der Waals surface area contributed by atoms with E-state index in [-0.39, 0.29) is 0 Å². The molecular formula is C9H17N5. The van der Waals surface area contributed by atoms with Gasteiger partial charge in [-0.15, -0.1) is 5.10 Å². The summed E-state index contributed by atoms with van der Waals surface area (Å²) >= 11 is 0. The standard InChI is InChI=1S/C9H17N5/c1-3-14(9-4-10-5-9)7-8-6-13(2)12-11-8/h6,9-10H,3-5,7H2,1-2H3. The molecule has 1 aliphatic heterocycles. The van der Waals surface area contributed by atoms with Crippen LogP contribution < -0.4 is 5.32 Å². The average molecular weight is 195 g/mol.